The van der Waals surface area contributed by atoms with Crippen LogP contribution in [0, 0.1) is 0 Å². The SMILES string of the molecule is O=C(O)[C@@H]1CCC(=O)N1c1ccc(Cl)c(Cl)c1. The Morgan fingerprint density at radius 1 is 1.35 bits per heavy atom. The van der Waals surface area contributed by atoms with E-state index >= 15 is 0 Å². The Labute approximate surface area is 108 Å². The van der Waals surface area contributed by atoms with E-state index in [4.69, 9.17) is 28.3 Å². The highest BCUT2D eigenvalue weighted by atomic mass is 35.5. The number of benzene rings is 1. The third-order valence-electron chi connectivity index (χ3n) is 2.68. The van der Waals surface area contributed by atoms with Gasteiger partial charge in [0.2, 0.25) is 5.91 Å². The number of carboxylic acid groups (broad SMARTS) is 1. The fourth-order valence-corrected chi connectivity index (χ4v) is 2.17. The lowest BCUT2D eigenvalue weighted by atomic mass is 10.2. The van der Waals surface area contributed by atoms with E-state index in [1.165, 1.54) is 11.0 Å². The molecule has 0 unspecified atom stereocenters. The molecule has 0 saturated carbocycles. The second kappa shape index (κ2) is 4.55. The van der Waals surface area contributed by atoms with Crippen molar-refractivity contribution in [1.29, 1.82) is 0 Å². The summed E-state index contributed by atoms with van der Waals surface area (Å²) in [4.78, 5) is 24.0. The summed E-state index contributed by atoms with van der Waals surface area (Å²) < 4.78 is 0. The maximum atomic E-state index is 11.7. The Hall–Kier alpha value is -1.26. The number of carbonyl (C=O) groups is 2. The summed E-state index contributed by atoms with van der Waals surface area (Å²) >= 11 is 11.6. The molecule has 2 rings (SSSR count). The van der Waals surface area contributed by atoms with E-state index in [2.05, 4.69) is 0 Å². The van der Waals surface area contributed by atoms with Gasteiger partial charge < -0.3 is 5.11 Å². The fourth-order valence-electron chi connectivity index (χ4n) is 1.88. The van der Waals surface area contributed by atoms with Crippen molar-refractivity contribution in [2.24, 2.45) is 0 Å². The number of nitrogens with zero attached hydrogens (tertiary/aromatic N) is 1. The van der Waals surface area contributed by atoms with E-state index in [1.807, 2.05) is 0 Å². The van der Waals surface area contributed by atoms with Crippen LogP contribution >= 0.6 is 23.2 Å². The topological polar surface area (TPSA) is 57.6 Å². The number of carbonyl (C=O) groups excluding carboxylic acids is 1. The minimum absolute atomic E-state index is 0.212. The number of carboxylic acids is 1. The lowest BCUT2D eigenvalue weighted by Crippen LogP contribution is -2.38. The van der Waals surface area contributed by atoms with Gasteiger partial charge in [-0.2, -0.15) is 0 Å². The van der Waals surface area contributed by atoms with Gasteiger partial charge in [-0.15, -0.1) is 0 Å². The Morgan fingerprint density at radius 2 is 2.06 bits per heavy atom. The van der Waals surface area contributed by atoms with Crippen molar-refractivity contribution in [1.82, 2.24) is 0 Å². The van der Waals surface area contributed by atoms with Gasteiger partial charge in [0.05, 0.1) is 10.0 Å². The number of halogens is 2. The predicted octanol–water partition coefficient (Wildman–Crippen LogP) is 2.57. The molecular weight excluding hydrogens is 265 g/mol. The van der Waals surface area contributed by atoms with Crippen LogP contribution in [0.5, 0.6) is 0 Å². The third-order valence-corrected chi connectivity index (χ3v) is 3.42. The lowest BCUT2D eigenvalue weighted by Gasteiger charge is -2.21. The molecule has 1 heterocycles. The molecular formula is C11H9Cl2NO3. The molecule has 6 heteroatoms. The molecule has 90 valence electrons. The van der Waals surface area contributed by atoms with Gasteiger partial charge in [0.1, 0.15) is 6.04 Å². The number of aliphatic carboxylic acids is 1. The summed E-state index contributed by atoms with van der Waals surface area (Å²) in [6.45, 7) is 0. The smallest absolute Gasteiger partial charge is 0.326 e. The quantitative estimate of drug-likeness (QED) is 0.901. The second-order valence-corrected chi connectivity index (χ2v) is 4.57. The van der Waals surface area contributed by atoms with E-state index in [1.54, 1.807) is 12.1 Å². The minimum Gasteiger partial charge on any atom is -0.480 e. The van der Waals surface area contributed by atoms with Crippen LogP contribution in [0.1, 0.15) is 12.8 Å². The van der Waals surface area contributed by atoms with Crippen molar-refractivity contribution < 1.29 is 14.7 Å². The lowest BCUT2D eigenvalue weighted by molar-refractivity contribution is -0.138. The van der Waals surface area contributed by atoms with Crippen molar-refractivity contribution in [2.45, 2.75) is 18.9 Å². The summed E-state index contributed by atoms with van der Waals surface area (Å²) in [5.41, 5.74) is 0.467. The molecule has 0 bridgehead atoms. The van der Waals surface area contributed by atoms with Gasteiger partial charge in [-0.1, -0.05) is 23.2 Å². The highest BCUT2D eigenvalue weighted by molar-refractivity contribution is 6.42. The Bertz CT molecular complexity index is 490. The van der Waals surface area contributed by atoms with Gasteiger partial charge in [-0.3, -0.25) is 9.69 Å². The Balaban J connectivity index is 2.39. The van der Waals surface area contributed by atoms with Crippen LogP contribution in [0.2, 0.25) is 10.0 Å². The van der Waals surface area contributed by atoms with Crippen molar-refractivity contribution in [3.8, 4) is 0 Å². The van der Waals surface area contributed by atoms with Gasteiger partial charge in [0.25, 0.3) is 0 Å². The highest BCUT2D eigenvalue weighted by Crippen LogP contribution is 2.32. The molecule has 1 atom stereocenters. The van der Waals surface area contributed by atoms with Crippen molar-refractivity contribution in [3.05, 3.63) is 28.2 Å². The first-order chi connectivity index (χ1) is 8.00. The molecule has 0 radical (unpaired) electrons. The van der Waals surface area contributed by atoms with Crippen LogP contribution in [0.4, 0.5) is 5.69 Å². The summed E-state index contributed by atoms with van der Waals surface area (Å²) in [6.07, 6.45) is 0.547. The van der Waals surface area contributed by atoms with Crippen LogP contribution in [0.15, 0.2) is 18.2 Å². The van der Waals surface area contributed by atoms with Gasteiger partial charge in [0, 0.05) is 12.1 Å². The van der Waals surface area contributed by atoms with Gasteiger partial charge >= 0.3 is 5.97 Å². The first-order valence-corrected chi connectivity index (χ1v) is 5.76. The van der Waals surface area contributed by atoms with E-state index in [0.717, 1.165) is 0 Å². The summed E-state index contributed by atoms with van der Waals surface area (Å²) in [6, 6.07) is 3.82. The standard InChI is InChI=1S/C11H9Cl2NO3/c12-7-2-1-6(5-8(7)13)14-9(11(16)17)3-4-10(14)15/h1-2,5,9H,3-4H2,(H,16,17)/t9-/m0/s1. The highest BCUT2D eigenvalue weighted by Gasteiger charge is 2.37. The molecule has 1 amide bonds. The summed E-state index contributed by atoms with van der Waals surface area (Å²) in [7, 11) is 0. The second-order valence-electron chi connectivity index (χ2n) is 3.75. The molecule has 1 aromatic rings. The Kier molecular flexibility index (Phi) is 3.26. The number of amides is 1. The molecule has 0 aromatic heterocycles. The number of hydrogen-bond acceptors (Lipinski definition) is 2. The molecule has 1 aromatic carbocycles. The van der Waals surface area contributed by atoms with Crippen LogP contribution < -0.4 is 4.90 Å². The van der Waals surface area contributed by atoms with Gasteiger partial charge in [-0.25, -0.2) is 4.79 Å². The molecule has 0 aliphatic carbocycles. The molecule has 1 aliphatic rings. The molecule has 17 heavy (non-hydrogen) atoms. The average molecular weight is 274 g/mol. The largest absolute Gasteiger partial charge is 0.480 e. The first kappa shape index (κ1) is 12.2. The fraction of sp³-hybridized carbons (Fsp3) is 0.273. The van der Waals surface area contributed by atoms with E-state index in [0.29, 0.717) is 22.2 Å². The number of anilines is 1. The molecule has 4 nitrogen and oxygen atoms in total. The van der Waals surface area contributed by atoms with Crippen molar-refractivity contribution >= 4 is 40.8 Å². The van der Waals surface area contributed by atoms with Crippen LogP contribution in [0.3, 0.4) is 0 Å². The van der Waals surface area contributed by atoms with Gasteiger partial charge in [0.15, 0.2) is 0 Å². The van der Waals surface area contributed by atoms with Crippen LogP contribution in [-0.2, 0) is 9.59 Å². The molecule has 1 aliphatic heterocycles. The van der Waals surface area contributed by atoms with E-state index in [9.17, 15) is 9.59 Å². The van der Waals surface area contributed by atoms with Crippen molar-refractivity contribution in [2.75, 3.05) is 4.90 Å². The van der Waals surface area contributed by atoms with E-state index < -0.39 is 12.0 Å². The predicted molar refractivity (Wildman–Crippen MR) is 64.6 cm³/mol. The normalized spacial score (nSPS) is 19.8. The zero-order valence-electron chi connectivity index (χ0n) is 8.69. The van der Waals surface area contributed by atoms with E-state index in [-0.39, 0.29) is 12.3 Å². The van der Waals surface area contributed by atoms with Crippen LogP contribution in [-0.4, -0.2) is 23.0 Å². The molecule has 1 fully saturated rings. The summed E-state index contributed by atoms with van der Waals surface area (Å²) in [5.74, 6) is -1.22. The molecule has 1 saturated heterocycles. The minimum atomic E-state index is -1.01. The van der Waals surface area contributed by atoms with Crippen molar-refractivity contribution in [3.63, 3.8) is 0 Å². The summed E-state index contributed by atoms with van der Waals surface area (Å²) in [5, 5.41) is 9.70. The Morgan fingerprint density at radius 3 is 2.65 bits per heavy atom. The first-order valence-electron chi connectivity index (χ1n) is 5.00. The van der Waals surface area contributed by atoms with Crippen LogP contribution in [0.25, 0.3) is 0 Å². The number of hydrogen-bond donors (Lipinski definition) is 1. The maximum Gasteiger partial charge on any atom is 0.326 e. The van der Waals surface area contributed by atoms with Gasteiger partial charge in [-0.05, 0) is 24.6 Å². The average Bonchev–Trinajstić information content (AvgIpc) is 2.64. The zero-order chi connectivity index (χ0) is 12.6. The molecule has 1 N–H and O–H groups in total. The zero-order valence-corrected chi connectivity index (χ0v) is 10.2. The monoisotopic (exact) mass is 273 g/mol. The maximum absolute atomic E-state index is 11.7. The number of rotatable bonds is 2. The third kappa shape index (κ3) is 2.23. The molecule has 0 spiro atoms.